The second-order valence-corrected chi connectivity index (χ2v) is 7.69. The van der Waals surface area contributed by atoms with Crippen molar-refractivity contribution in [2.24, 2.45) is 5.73 Å². The SMILES string of the molecule is Cc1cccc(-c2nn(Cc3cccc(C(N)=O)c3)cc2-c2ccnc3ccccc23)n1. The molecule has 0 saturated heterocycles. The molecule has 0 aliphatic rings. The van der Waals surface area contributed by atoms with Crippen molar-refractivity contribution in [1.29, 1.82) is 0 Å². The van der Waals surface area contributed by atoms with Gasteiger partial charge >= 0.3 is 0 Å². The molecule has 0 aliphatic heterocycles. The first-order valence-electron chi connectivity index (χ1n) is 10.3. The summed E-state index contributed by atoms with van der Waals surface area (Å²) in [6.45, 7) is 2.47. The highest BCUT2D eigenvalue weighted by Gasteiger charge is 2.17. The van der Waals surface area contributed by atoms with Crippen LogP contribution in [-0.4, -0.2) is 25.7 Å². The van der Waals surface area contributed by atoms with E-state index in [1.54, 1.807) is 12.1 Å². The maximum atomic E-state index is 11.6. The number of rotatable bonds is 5. The molecule has 6 heteroatoms. The Labute approximate surface area is 185 Å². The highest BCUT2D eigenvalue weighted by molar-refractivity contribution is 5.97. The van der Waals surface area contributed by atoms with Gasteiger partial charge in [-0.25, -0.2) is 0 Å². The average Bonchev–Trinajstić information content (AvgIpc) is 3.22. The summed E-state index contributed by atoms with van der Waals surface area (Å²) >= 11 is 0. The minimum atomic E-state index is -0.444. The second-order valence-electron chi connectivity index (χ2n) is 7.69. The van der Waals surface area contributed by atoms with Gasteiger partial charge in [0.2, 0.25) is 5.91 Å². The molecule has 0 atom stereocenters. The summed E-state index contributed by atoms with van der Waals surface area (Å²) in [5, 5.41) is 5.95. The number of primary amides is 1. The maximum Gasteiger partial charge on any atom is 0.248 e. The molecule has 5 aromatic rings. The Morgan fingerprint density at radius 2 is 1.81 bits per heavy atom. The van der Waals surface area contributed by atoms with E-state index >= 15 is 0 Å². The summed E-state index contributed by atoms with van der Waals surface area (Å²) in [7, 11) is 0. The van der Waals surface area contributed by atoms with Crippen LogP contribution in [0, 0.1) is 6.92 Å². The minimum Gasteiger partial charge on any atom is -0.366 e. The molecule has 3 aromatic heterocycles. The lowest BCUT2D eigenvalue weighted by molar-refractivity contribution is 0.1000. The Bertz CT molecular complexity index is 1450. The van der Waals surface area contributed by atoms with Crippen molar-refractivity contribution in [3.8, 4) is 22.5 Å². The molecule has 0 unspecified atom stereocenters. The Morgan fingerprint density at radius 3 is 2.66 bits per heavy atom. The van der Waals surface area contributed by atoms with Crippen molar-refractivity contribution in [2.45, 2.75) is 13.5 Å². The number of amides is 1. The standard InChI is InChI=1S/C26H21N5O/c1-17-6-4-11-24(29-17)25-22(20-12-13-28-23-10-3-2-9-21(20)23)16-31(30-25)15-18-7-5-8-19(14-18)26(27)32/h2-14,16H,15H2,1H3,(H2,27,32). The number of fused-ring (bicyclic) bond motifs is 1. The van der Waals surface area contributed by atoms with Gasteiger partial charge in [0.05, 0.1) is 17.8 Å². The number of aromatic nitrogens is 4. The number of hydrogen-bond acceptors (Lipinski definition) is 4. The van der Waals surface area contributed by atoms with Crippen LogP contribution in [0.25, 0.3) is 33.4 Å². The molecule has 0 fully saturated rings. The smallest absolute Gasteiger partial charge is 0.248 e. The fourth-order valence-corrected chi connectivity index (χ4v) is 3.90. The Morgan fingerprint density at radius 1 is 0.969 bits per heavy atom. The molecule has 0 spiro atoms. The van der Waals surface area contributed by atoms with E-state index in [-0.39, 0.29) is 0 Å². The Kier molecular flexibility index (Phi) is 4.95. The van der Waals surface area contributed by atoms with Gasteiger partial charge in [0, 0.05) is 34.6 Å². The summed E-state index contributed by atoms with van der Waals surface area (Å²) in [5.41, 5.74) is 12.4. The van der Waals surface area contributed by atoms with E-state index in [1.807, 2.05) is 78.6 Å². The third kappa shape index (κ3) is 3.74. The molecule has 0 aliphatic carbocycles. The monoisotopic (exact) mass is 419 g/mol. The first-order valence-corrected chi connectivity index (χ1v) is 10.3. The molecular weight excluding hydrogens is 398 g/mol. The van der Waals surface area contributed by atoms with Crippen LogP contribution in [0.5, 0.6) is 0 Å². The Hall–Kier alpha value is -4.32. The molecule has 32 heavy (non-hydrogen) atoms. The number of nitrogens with zero attached hydrogens (tertiary/aromatic N) is 4. The van der Waals surface area contributed by atoms with Crippen LogP contribution in [0.3, 0.4) is 0 Å². The van der Waals surface area contributed by atoms with E-state index in [0.29, 0.717) is 12.1 Å². The highest BCUT2D eigenvalue weighted by atomic mass is 16.1. The van der Waals surface area contributed by atoms with E-state index in [9.17, 15) is 4.79 Å². The van der Waals surface area contributed by atoms with Crippen molar-refractivity contribution < 1.29 is 4.79 Å². The van der Waals surface area contributed by atoms with Crippen LogP contribution in [0.4, 0.5) is 0 Å². The van der Waals surface area contributed by atoms with E-state index in [4.69, 9.17) is 15.8 Å². The fourth-order valence-electron chi connectivity index (χ4n) is 3.90. The molecule has 3 heterocycles. The van der Waals surface area contributed by atoms with E-state index < -0.39 is 5.91 Å². The predicted octanol–water partition coefficient (Wildman–Crippen LogP) is 4.62. The summed E-state index contributed by atoms with van der Waals surface area (Å²) in [6, 6.07) is 23.3. The van der Waals surface area contributed by atoms with Gasteiger partial charge in [0.1, 0.15) is 5.69 Å². The number of carbonyl (C=O) groups excluding carboxylic acids is 1. The average molecular weight is 419 g/mol. The number of benzene rings is 2. The first kappa shape index (κ1) is 19.6. The lowest BCUT2D eigenvalue weighted by Crippen LogP contribution is -2.11. The third-order valence-corrected chi connectivity index (χ3v) is 5.39. The zero-order valence-electron chi connectivity index (χ0n) is 17.6. The molecule has 2 aromatic carbocycles. The lowest BCUT2D eigenvalue weighted by atomic mass is 10.0. The van der Waals surface area contributed by atoms with Gasteiger partial charge in [0.25, 0.3) is 0 Å². The quantitative estimate of drug-likeness (QED) is 0.450. The maximum absolute atomic E-state index is 11.6. The van der Waals surface area contributed by atoms with Crippen LogP contribution >= 0.6 is 0 Å². The second kappa shape index (κ2) is 8.07. The van der Waals surface area contributed by atoms with Crippen LogP contribution < -0.4 is 5.73 Å². The summed E-state index contributed by atoms with van der Waals surface area (Å²) in [6.07, 6.45) is 3.84. The highest BCUT2D eigenvalue weighted by Crippen LogP contribution is 2.34. The van der Waals surface area contributed by atoms with Crippen LogP contribution in [0.2, 0.25) is 0 Å². The first-order chi connectivity index (χ1) is 15.6. The molecule has 2 N–H and O–H groups in total. The van der Waals surface area contributed by atoms with Gasteiger partial charge in [-0.1, -0.05) is 36.4 Å². The molecule has 156 valence electrons. The Balaban J connectivity index is 1.66. The van der Waals surface area contributed by atoms with Gasteiger partial charge in [-0.3, -0.25) is 19.4 Å². The molecule has 6 nitrogen and oxygen atoms in total. The van der Waals surface area contributed by atoms with Crippen LogP contribution in [0.15, 0.2) is 85.2 Å². The molecule has 5 rings (SSSR count). The molecular formula is C26H21N5O. The van der Waals surface area contributed by atoms with Gasteiger partial charge in [0.15, 0.2) is 0 Å². The summed E-state index contributed by atoms with van der Waals surface area (Å²) in [5.74, 6) is -0.444. The van der Waals surface area contributed by atoms with Crippen LogP contribution in [0.1, 0.15) is 21.6 Å². The molecule has 0 radical (unpaired) electrons. The van der Waals surface area contributed by atoms with E-state index in [0.717, 1.165) is 44.7 Å². The number of pyridine rings is 2. The molecule has 1 amide bonds. The van der Waals surface area contributed by atoms with Crippen molar-refractivity contribution in [3.05, 3.63) is 102 Å². The number of aryl methyl sites for hydroxylation is 1. The van der Waals surface area contributed by atoms with Gasteiger partial charge in [-0.2, -0.15) is 5.10 Å². The third-order valence-electron chi connectivity index (χ3n) is 5.39. The number of nitrogens with two attached hydrogens (primary N) is 1. The summed E-state index contributed by atoms with van der Waals surface area (Å²) in [4.78, 5) is 20.8. The van der Waals surface area contributed by atoms with Crippen molar-refractivity contribution in [1.82, 2.24) is 19.7 Å². The van der Waals surface area contributed by atoms with Crippen molar-refractivity contribution in [2.75, 3.05) is 0 Å². The van der Waals surface area contributed by atoms with E-state index in [2.05, 4.69) is 11.1 Å². The van der Waals surface area contributed by atoms with Crippen molar-refractivity contribution in [3.63, 3.8) is 0 Å². The van der Waals surface area contributed by atoms with Crippen molar-refractivity contribution >= 4 is 16.8 Å². The topological polar surface area (TPSA) is 86.7 Å². The number of carbonyl (C=O) groups is 1. The molecule has 0 bridgehead atoms. The zero-order chi connectivity index (χ0) is 22.1. The zero-order valence-corrected chi connectivity index (χ0v) is 17.6. The van der Waals surface area contributed by atoms with Gasteiger partial charge in [-0.15, -0.1) is 0 Å². The predicted molar refractivity (Wildman–Crippen MR) is 125 cm³/mol. The van der Waals surface area contributed by atoms with Gasteiger partial charge in [-0.05, 0) is 54.4 Å². The minimum absolute atomic E-state index is 0.444. The number of para-hydroxylation sites is 1. The van der Waals surface area contributed by atoms with Crippen LogP contribution in [-0.2, 0) is 6.54 Å². The molecule has 0 saturated carbocycles. The fraction of sp³-hybridized carbons (Fsp3) is 0.0769. The largest absolute Gasteiger partial charge is 0.366 e. The summed E-state index contributed by atoms with van der Waals surface area (Å²) < 4.78 is 1.88. The van der Waals surface area contributed by atoms with Gasteiger partial charge < -0.3 is 5.73 Å². The number of hydrogen-bond donors (Lipinski definition) is 1. The normalized spacial score (nSPS) is 11.0. The van der Waals surface area contributed by atoms with E-state index in [1.165, 1.54) is 0 Å². The lowest BCUT2D eigenvalue weighted by Gasteiger charge is -2.06.